The van der Waals surface area contributed by atoms with E-state index in [0.29, 0.717) is 6.42 Å². The minimum atomic E-state index is -0.648. The van der Waals surface area contributed by atoms with E-state index in [-0.39, 0.29) is 0 Å². The van der Waals surface area contributed by atoms with Gasteiger partial charge in [0.15, 0.2) is 6.04 Å². The summed E-state index contributed by atoms with van der Waals surface area (Å²) in [5, 5.41) is 2.46. The molecule has 13 heavy (non-hydrogen) atoms. The molecule has 1 heterocycles. The Bertz CT molecular complexity index is 317. The lowest BCUT2D eigenvalue weighted by Crippen LogP contribution is -2.30. The number of carbonyl (C=O) groups excluding carboxylic acids is 2. The number of ether oxygens (including phenoxy) is 1. The predicted octanol–water partition coefficient (Wildman–Crippen LogP) is 0.898. The summed E-state index contributed by atoms with van der Waals surface area (Å²) in [5.74, 6) is -0.494. The van der Waals surface area contributed by atoms with Crippen molar-refractivity contribution < 1.29 is 14.3 Å². The van der Waals surface area contributed by atoms with E-state index in [1.165, 1.54) is 0 Å². The predicted molar refractivity (Wildman–Crippen MR) is 44.9 cm³/mol. The van der Waals surface area contributed by atoms with Gasteiger partial charge in [-0.2, -0.15) is 0 Å². The summed E-state index contributed by atoms with van der Waals surface area (Å²) in [6, 6.07) is -0.558. The van der Waals surface area contributed by atoms with Crippen molar-refractivity contribution >= 4 is 12.1 Å². The number of esters is 1. The number of allylic oxidation sites excluding steroid dienone is 3. The van der Waals surface area contributed by atoms with E-state index in [9.17, 15) is 9.59 Å². The van der Waals surface area contributed by atoms with Crippen LogP contribution < -0.4 is 5.32 Å². The van der Waals surface area contributed by atoms with Crippen LogP contribution in [0.15, 0.2) is 23.8 Å². The van der Waals surface area contributed by atoms with Crippen molar-refractivity contribution in [1.82, 2.24) is 5.32 Å². The maximum Gasteiger partial charge on any atom is 0.415 e. The van der Waals surface area contributed by atoms with Gasteiger partial charge in [-0.3, -0.25) is 0 Å². The van der Waals surface area contributed by atoms with Gasteiger partial charge in [0.1, 0.15) is 0 Å². The second-order valence-electron chi connectivity index (χ2n) is 2.98. The first-order chi connectivity index (χ1) is 6.27. The molecule has 1 amide bonds. The maximum absolute atomic E-state index is 11.1. The molecule has 1 unspecified atom stereocenters. The first kappa shape index (κ1) is 8.04. The van der Waals surface area contributed by atoms with Crippen LogP contribution in [-0.4, -0.2) is 18.1 Å². The summed E-state index contributed by atoms with van der Waals surface area (Å²) in [6.45, 7) is 0. The largest absolute Gasteiger partial charge is 0.415 e. The highest BCUT2D eigenvalue weighted by molar-refractivity contribution is 5.97. The molecule has 1 aliphatic carbocycles. The zero-order valence-corrected chi connectivity index (χ0v) is 6.95. The number of amides is 1. The van der Waals surface area contributed by atoms with Gasteiger partial charge in [0.05, 0.1) is 0 Å². The molecule has 0 spiro atoms. The lowest BCUT2D eigenvalue weighted by atomic mass is 9.99. The zero-order chi connectivity index (χ0) is 9.26. The Morgan fingerprint density at radius 2 is 2.23 bits per heavy atom. The molecular weight excluding hydrogens is 170 g/mol. The Balaban J connectivity index is 2.12. The molecule has 0 bridgehead atoms. The quantitative estimate of drug-likeness (QED) is 0.369. The molecule has 0 saturated carbocycles. The second-order valence-corrected chi connectivity index (χ2v) is 2.98. The van der Waals surface area contributed by atoms with Crippen LogP contribution in [-0.2, 0) is 9.53 Å². The molecule has 4 nitrogen and oxygen atoms in total. The number of cyclic esters (lactones) is 2. The monoisotopic (exact) mass is 179 g/mol. The number of carbonyl (C=O) groups is 2. The minimum Gasteiger partial charge on any atom is -0.374 e. The molecule has 0 aromatic carbocycles. The van der Waals surface area contributed by atoms with Gasteiger partial charge in [-0.1, -0.05) is 18.2 Å². The molecule has 1 fully saturated rings. The van der Waals surface area contributed by atoms with Crippen LogP contribution in [0.3, 0.4) is 0 Å². The normalized spacial score (nSPS) is 26.8. The molecule has 68 valence electrons. The molecule has 2 rings (SSSR count). The Hall–Kier alpha value is -1.58. The van der Waals surface area contributed by atoms with Crippen LogP contribution in [0.2, 0.25) is 0 Å². The number of alkyl carbamates (subject to hydrolysis) is 1. The number of hydrogen-bond donors (Lipinski definition) is 1. The number of hydrogen-bond acceptors (Lipinski definition) is 3. The van der Waals surface area contributed by atoms with Gasteiger partial charge in [0.2, 0.25) is 0 Å². The zero-order valence-electron chi connectivity index (χ0n) is 6.95. The lowest BCUT2D eigenvalue weighted by molar-refractivity contribution is -0.134. The number of nitrogens with one attached hydrogen (secondary N) is 1. The molecule has 0 aromatic heterocycles. The third-order valence-corrected chi connectivity index (χ3v) is 2.10. The van der Waals surface area contributed by atoms with E-state index in [2.05, 4.69) is 10.1 Å². The van der Waals surface area contributed by atoms with Crippen molar-refractivity contribution in [3.05, 3.63) is 23.8 Å². The van der Waals surface area contributed by atoms with Gasteiger partial charge in [0.25, 0.3) is 0 Å². The average Bonchev–Trinajstić information content (AvgIpc) is 2.47. The van der Waals surface area contributed by atoms with Crippen molar-refractivity contribution in [2.24, 2.45) is 0 Å². The van der Waals surface area contributed by atoms with Crippen LogP contribution in [0.5, 0.6) is 0 Å². The highest BCUT2D eigenvalue weighted by Crippen LogP contribution is 2.18. The topological polar surface area (TPSA) is 55.4 Å². The van der Waals surface area contributed by atoms with Crippen molar-refractivity contribution in [3.8, 4) is 0 Å². The summed E-state index contributed by atoms with van der Waals surface area (Å²) < 4.78 is 4.37. The molecule has 1 N–H and O–H groups in total. The van der Waals surface area contributed by atoms with Gasteiger partial charge in [0, 0.05) is 0 Å². The van der Waals surface area contributed by atoms with Crippen LogP contribution >= 0.6 is 0 Å². The molecule has 2 aliphatic rings. The van der Waals surface area contributed by atoms with E-state index >= 15 is 0 Å². The second kappa shape index (κ2) is 3.05. The Labute approximate surface area is 75.3 Å². The third kappa shape index (κ3) is 1.47. The van der Waals surface area contributed by atoms with Gasteiger partial charge >= 0.3 is 12.1 Å². The van der Waals surface area contributed by atoms with Crippen molar-refractivity contribution in [2.45, 2.75) is 18.9 Å². The summed E-state index contributed by atoms with van der Waals surface area (Å²) in [5.41, 5.74) is 0.915. The molecule has 1 atom stereocenters. The lowest BCUT2D eigenvalue weighted by Gasteiger charge is -2.11. The minimum absolute atomic E-state index is 0.494. The van der Waals surface area contributed by atoms with Crippen LogP contribution in [0.25, 0.3) is 0 Å². The first-order valence-electron chi connectivity index (χ1n) is 4.13. The first-order valence-corrected chi connectivity index (χ1v) is 4.13. The highest BCUT2D eigenvalue weighted by Gasteiger charge is 2.34. The smallest absolute Gasteiger partial charge is 0.374 e. The fourth-order valence-corrected chi connectivity index (χ4v) is 1.45. The SMILES string of the molecule is O=C1NC(C2=CCC=CC2)C(=O)O1. The summed E-state index contributed by atoms with van der Waals surface area (Å²) in [6.07, 6.45) is 6.82. The molecular formula is C9H9NO3. The van der Waals surface area contributed by atoms with E-state index < -0.39 is 18.1 Å². The van der Waals surface area contributed by atoms with Gasteiger partial charge in [-0.15, -0.1) is 0 Å². The fraction of sp³-hybridized carbons (Fsp3) is 0.333. The Kier molecular flexibility index (Phi) is 1.88. The average molecular weight is 179 g/mol. The van der Waals surface area contributed by atoms with Gasteiger partial charge in [-0.05, 0) is 18.4 Å². The molecule has 0 radical (unpaired) electrons. The van der Waals surface area contributed by atoms with E-state index in [1.807, 2.05) is 18.2 Å². The van der Waals surface area contributed by atoms with E-state index in [1.54, 1.807) is 0 Å². The molecule has 0 aromatic rings. The molecule has 1 saturated heterocycles. The van der Waals surface area contributed by atoms with Crippen molar-refractivity contribution in [1.29, 1.82) is 0 Å². The third-order valence-electron chi connectivity index (χ3n) is 2.10. The summed E-state index contributed by atoms with van der Waals surface area (Å²) in [4.78, 5) is 21.8. The standard InChI is InChI=1S/C9H9NO3/c11-8-7(10-9(12)13-8)6-4-2-1-3-5-6/h1-2,5,7H,3-4H2,(H,10,12). The van der Waals surface area contributed by atoms with Crippen LogP contribution in [0, 0.1) is 0 Å². The summed E-state index contributed by atoms with van der Waals surface area (Å²) in [7, 11) is 0. The van der Waals surface area contributed by atoms with E-state index in [4.69, 9.17) is 0 Å². The van der Waals surface area contributed by atoms with Crippen LogP contribution in [0.4, 0.5) is 4.79 Å². The van der Waals surface area contributed by atoms with Gasteiger partial charge in [-0.25, -0.2) is 9.59 Å². The van der Waals surface area contributed by atoms with Gasteiger partial charge < -0.3 is 10.1 Å². The fourth-order valence-electron chi connectivity index (χ4n) is 1.45. The summed E-state index contributed by atoms with van der Waals surface area (Å²) >= 11 is 0. The van der Waals surface area contributed by atoms with Crippen molar-refractivity contribution in [3.63, 3.8) is 0 Å². The Morgan fingerprint density at radius 3 is 2.77 bits per heavy atom. The van der Waals surface area contributed by atoms with Crippen LogP contribution in [0.1, 0.15) is 12.8 Å². The van der Waals surface area contributed by atoms with E-state index in [0.717, 1.165) is 12.0 Å². The van der Waals surface area contributed by atoms with Crippen molar-refractivity contribution in [2.75, 3.05) is 0 Å². The molecule has 4 heteroatoms. The number of rotatable bonds is 1. The maximum atomic E-state index is 11.1. The highest BCUT2D eigenvalue weighted by atomic mass is 16.6. The Morgan fingerprint density at radius 1 is 1.38 bits per heavy atom. The molecule has 1 aliphatic heterocycles.